The average Bonchev–Trinajstić information content (AvgIpc) is 3.39. The molecule has 0 aliphatic carbocycles. The number of aliphatic hydroxyl groups excluding tert-OH is 1. The molecule has 1 aliphatic heterocycles. The molecule has 0 spiro atoms. The summed E-state index contributed by atoms with van der Waals surface area (Å²) >= 11 is 0. The minimum Gasteiger partial charge on any atom is -0.460 e. The summed E-state index contributed by atoms with van der Waals surface area (Å²) < 4.78 is 54.2. The van der Waals surface area contributed by atoms with Crippen LogP contribution in [0.25, 0.3) is 0 Å². The number of halogens is 3. The van der Waals surface area contributed by atoms with Crippen LogP contribution >= 0.6 is 0 Å². The molecule has 0 radical (unpaired) electrons. The minimum atomic E-state index is -4.62. The molecule has 3 aromatic carbocycles. The number of rotatable bonds is 13. The number of hydrogen-bond acceptors (Lipinski definition) is 8. The van der Waals surface area contributed by atoms with Gasteiger partial charge in [-0.15, -0.1) is 0 Å². The molecule has 9 nitrogen and oxygen atoms in total. The summed E-state index contributed by atoms with van der Waals surface area (Å²) in [6, 6.07) is 22.4. The monoisotopic (exact) mass is 648 g/mol. The summed E-state index contributed by atoms with van der Waals surface area (Å²) in [5, 5.41) is 13.3. The molecule has 0 fully saturated rings. The highest BCUT2D eigenvalue weighted by Gasteiger charge is 2.49. The van der Waals surface area contributed by atoms with Crippen molar-refractivity contribution in [1.82, 2.24) is 9.55 Å². The van der Waals surface area contributed by atoms with Gasteiger partial charge in [-0.2, -0.15) is 13.2 Å². The second kappa shape index (κ2) is 15.1. The minimum absolute atomic E-state index is 0.0567. The fourth-order valence-electron chi connectivity index (χ4n) is 5.47. The predicted octanol–water partition coefficient (Wildman–Crippen LogP) is 6.28. The van der Waals surface area contributed by atoms with E-state index in [4.69, 9.17) is 9.47 Å². The number of fused-ring (bicyclic) bond motifs is 1. The van der Waals surface area contributed by atoms with E-state index in [1.54, 1.807) is 59.4 Å². The van der Waals surface area contributed by atoms with E-state index in [9.17, 15) is 27.9 Å². The van der Waals surface area contributed by atoms with Crippen LogP contribution in [0.2, 0.25) is 0 Å². The molecule has 5 rings (SSSR count). The fourth-order valence-corrected chi connectivity index (χ4v) is 5.47. The predicted molar refractivity (Wildman–Crippen MR) is 168 cm³/mol. The number of imidazole rings is 1. The Bertz CT molecular complexity index is 1620. The van der Waals surface area contributed by atoms with Crippen LogP contribution in [-0.4, -0.2) is 39.5 Å². The highest BCUT2D eigenvalue weighted by atomic mass is 19.4. The highest BCUT2D eigenvalue weighted by molar-refractivity contribution is 6.00. The van der Waals surface area contributed by atoms with E-state index in [1.165, 1.54) is 18.5 Å². The number of aliphatic imine (C=N–C) groups is 1. The first-order chi connectivity index (χ1) is 22.7. The maximum Gasteiger partial charge on any atom is 0.416 e. The third-order valence-corrected chi connectivity index (χ3v) is 7.97. The lowest BCUT2D eigenvalue weighted by molar-refractivity contribution is -0.175. The third kappa shape index (κ3) is 8.44. The number of esters is 2. The number of hydrogen-bond donors (Lipinski definition) is 2. The highest BCUT2D eigenvalue weighted by Crippen LogP contribution is 2.37. The fraction of sp³-hybridized carbons (Fsp3) is 0.314. The number of benzene rings is 3. The van der Waals surface area contributed by atoms with Gasteiger partial charge in [0.2, 0.25) is 0 Å². The Hall–Kier alpha value is -4.97. The maximum atomic E-state index is 14.1. The summed E-state index contributed by atoms with van der Waals surface area (Å²) in [4.78, 5) is 36.5. The lowest BCUT2D eigenvalue weighted by Crippen LogP contribution is -2.44. The van der Waals surface area contributed by atoms with Crippen molar-refractivity contribution >= 4 is 24.1 Å². The van der Waals surface area contributed by atoms with Gasteiger partial charge in [0, 0.05) is 6.54 Å². The number of carbonyl (C=O) groups is 2. The topological polar surface area (TPSA) is 115 Å². The second-order valence-corrected chi connectivity index (χ2v) is 11.4. The summed E-state index contributed by atoms with van der Waals surface area (Å²) in [6.45, 7) is 0.318. The van der Waals surface area contributed by atoms with E-state index in [0.717, 1.165) is 12.1 Å². The van der Waals surface area contributed by atoms with Crippen molar-refractivity contribution < 1.29 is 37.3 Å². The summed E-state index contributed by atoms with van der Waals surface area (Å²) in [7, 11) is 0. The Labute approximate surface area is 270 Å². The van der Waals surface area contributed by atoms with Gasteiger partial charge in [0.1, 0.15) is 30.8 Å². The Kier molecular flexibility index (Phi) is 10.7. The molecule has 1 unspecified atom stereocenters. The number of nitrogens with zero attached hydrogens (tertiary/aromatic N) is 3. The van der Waals surface area contributed by atoms with Gasteiger partial charge in [-0.3, -0.25) is 14.6 Å². The molecule has 4 aromatic rings. The number of anilines is 1. The van der Waals surface area contributed by atoms with Gasteiger partial charge in [0.05, 0.1) is 24.8 Å². The van der Waals surface area contributed by atoms with Crippen molar-refractivity contribution in [3.8, 4) is 0 Å². The summed E-state index contributed by atoms with van der Waals surface area (Å²) in [6.07, 6.45) is -2.06. The van der Waals surface area contributed by atoms with E-state index in [0.29, 0.717) is 42.0 Å². The van der Waals surface area contributed by atoms with Crippen LogP contribution in [0.5, 0.6) is 0 Å². The van der Waals surface area contributed by atoms with E-state index in [1.807, 2.05) is 12.1 Å². The Morgan fingerprint density at radius 3 is 2.11 bits per heavy atom. The number of unbranched alkanes of at least 4 members (excludes halogenated alkanes) is 1. The van der Waals surface area contributed by atoms with Crippen LogP contribution in [0.15, 0.2) is 96.2 Å². The molecule has 47 heavy (non-hydrogen) atoms. The molecular formula is C35H35F3N4O5. The van der Waals surface area contributed by atoms with E-state index in [-0.39, 0.29) is 38.2 Å². The van der Waals surface area contributed by atoms with Crippen LogP contribution < -0.4 is 5.32 Å². The molecular weight excluding hydrogens is 613 g/mol. The zero-order chi connectivity index (χ0) is 33.3. The number of aromatic nitrogens is 2. The Balaban J connectivity index is 1.43. The standard InChI is InChI=1S/C35H35F3N4O5/c36-35(37,38)28-15-9-14-27(18-28)19-34(32(44)46-21-25-10-3-1-4-11-25,33(45)47-22-26-12-5-2-6-13-26)16-7-8-17-42-24-41-30-29(43)20-39-23-40-31(30)42/h1-6,9-15,18,23-24,29,43H,7-8,16-17,19-22H2,(H,39,40). The molecule has 0 bridgehead atoms. The van der Waals surface area contributed by atoms with Crippen LogP contribution in [0, 0.1) is 5.41 Å². The van der Waals surface area contributed by atoms with Gasteiger partial charge in [0.25, 0.3) is 0 Å². The normalized spacial score (nSPS) is 14.5. The summed E-state index contributed by atoms with van der Waals surface area (Å²) in [5.41, 5.74) is -0.865. The van der Waals surface area contributed by atoms with Gasteiger partial charge in [-0.25, -0.2) is 4.98 Å². The van der Waals surface area contributed by atoms with E-state index < -0.39 is 35.2 Å². The third-order valence-electron chi connectivity index (χ3n) is 7.97. The van der Waals surface area contributed by atoms with Crippen molar-refractivity contribution in [3.05, 3.63) is 119 Å². The number of alkyl halides is 3. The van der Waals surface area contributed by atoms with Crippen LogP contribution in [-0.2, 0) is 51.4 Å². The number of carbonyl (C=O) groups excluding carboxylic acids is 2. The molecule has 246 valence electrons. The Morgan fingerprint density at radius 1 is 0.872 bits per heavy atom. The van der Waals surface area contributed by atoms with Crippen molar-refractivity contribution in [1.29, 1.82) is 0 Å². The molecule has 0 amide bonds. The first-order valence-electron chi connectivity index (χ1n) is 15.2. The van der Waals surface area contributed by atoms with Crippen molar-refractivity contribution in [2.45, 2.75) is 57.7 Å². The molecule has 1 aliphatic rings. The molecule has 12 heteroatoms. The maximum absolute atomic E-state index is 14.1. The van der Waals surface area contributed by atoms with Gasteiger partial charge >= 0.3 is 18.1 Å². The van der Waals surface area contributed by atoms with Gasteiger partial charge in [-0.05, 0) is 48.4 Å². The van der Waals surface area contributed by atoms with Crippen LogP contribution in [0.1, 0.15) is 53.3 Å². The number of aliphatic hydroxyl groups is 1. The van der Waals surface area contributed by atoms with Crippen molar-refractivity contribution in [3.63, 3.8) is 0 Å². The summed E-state index contributed by atoms with van der Waals surface area (Å²) in [5.74, 6) is -1.18. The lowest BCUT2D eigenvalue weighted by atomic mass is 9.77. The quantitative estimate of drug-likeness (QED) is 0.0997. The smallest absolute Gasteiger partial charge is 0.416 e. The van der Waals surface area contributed by atoms with E-state index in [2.05, 4.69) is 15.3 Å². The zero-order valence-electron chi connectivity index (χ0n) is 25.5. The van der Waals surface area contributed by atoms with Crippen molar-refractivity contribution in [2.24, 2.45) is 10.4 Å². The van der Waals surface area contributed by atoms with Crippen molar-refractivity contribution in [2.75, 3.05) is 11.9 Å². The second-order valence-electron chi connectivity index (χ2n) is 11.4. The molecule has 0 saturated heterocycles. The lowest BCUT2D eigenvalue weighted by Gasteiger charge is -2.30. The number of ether oxygens (including phenoxy) is 2. The molecule has 0 saturated carbocycles. The van der Waals surface area contributed by atoms with Crippen LogP contribution in [0.4, 0.5) is 19.0 Å². The molecule has 1 atom stereocenters. The average molecular weight is 649 g/mol. The molecule has 2 N–H and O–H groups in total. The molecule has 1 aromatic heterocycles. The number of aryl methyl sites for hydroxylation is 1. The molecule has 2 heterocycles. The van der Waals surface area contributed by atoms with Crippen LogP contribution in [0.3, 0.4) is 0 Å². The Morgan fingerprint density at radius 2 is 1.49 bits per heavy atom. The number of nitrogens with one attached hydrogen (secondary N) is 1. The first kappa shape index (κ1) is 33.4. The SMILES string of the molecule is O=C(OCc1ccccc1)C(CCCCn1cnc2c1NC=NCC2O)(Cc1cccc(C(F)(F)F)c1)C(=O)OCc1ccccc1. The first-order valence-corrected chi connectivity index (χ1v) is 15.2. The van der Waals surface area contributed by atoms with E-state index >= 15 is 0 Å². The van der Waals surface area contributed by atoms with Gasteiger partial charge in [0.15, 0.2) is 5.41 Å². The van der Waals surface area contributed by atoms with Gasteiger partial charge < -0.3 is 24.5 Å². The van der Waals surface area contributed by atoms with Gasteiger partial charge in [-0.1, -0.05) is 78.9 Å². The zero-order valence-corrected chi connectivity index (χ0v) is 25.5. The largest absolute Gasteiger partial charge is 0.460 e.